The highest BCUT2D eigenvalue weighted by Gasteiger charge is 2.24. The Labute approximate surface area is 167 Å². The largest absolute Gasteiger partial charge is 0.381 e. The molecule has 29 heavy (non-hydrogen) atoms. The van der Waals surface area contributed by atoms with E-state index in [2.05, 4.69) is 15.6 Å². The number of H-pyrrole nitrogens is 1. The molecule has 2 saturated heterocycles. The first-order valence-electron chi connectivity index (χ1n) is 10.3. The third-order valence-corrected chi connectivity index (χ3v) is 6.02. The normalized spacial score (nSPS) is 19.0. The van der Waals surface area contributed by atoms with Crippen LogP contribution in [0.15, 0.2) is 29.1 Å². The molecular weight excluding hydrogens is 370 g/mol. The van der Waals surface area contributed by atoms with Gasteiger partial charge in [0.15, 0.2) is 0 Å². The number of hydrogen-bond acceptors (Lipinski definition) is 5. The topological polar surface area (TPSA) is 101 Å². The lowest BCUT2D eigenvalue weighted by atomic mass is 9.94. The molecule has 2 fully saturated rings. The fourth-order valence-corrected chi connectivity index (χ4v) is 4.49. The van der Waals surface area contributed by atoms with E-state index in [1.165, 1.54) is 0 Å². The number of benzene rings is 1. The van der Waals surface area contributed by atoms with Crippen molar-refractivity contribution in [1.29, 1.82) is 0 Å². The molecule has 2 aliphatic heterocycles. The van der Waals surface area contributed by atoms with E-state index in [0.717, 1.165) is 44.5 Å². The van der Waals surface area contributed by atoms with Crippen molar-refractivity contribution in [2.24, 2.45) is 0 Å². The molecule has 0 bridgehead atoms. The van der Waals surface area contributed by atoms with Gasteiger partial charge in [-0.3, -0.25) is 9.59 Å². The van der Waals surface area contributed by atoms with Crippen LogP contribution in [0.4, 0.5) is 0 Å². The van der Waals surface area contributed by atoms with E-state index in [4.69, 9.17) is 9.84 Å². The third kappa shape index (κ3) is 3.42. The zero-order valence-corrected chi connectivity index (χ0v) is 16.2. The zero-order valence-electron chi connectivity index (χ0n) is 16.2. The maximum Gasteiger partial charge on any atom is 0.252 e. The SMILES string of the molecule is O=C(NC1CCOCC1)c1cccc2nn3c(C4CCNCC4)cc(=O)[nH]c3c12. The molecule has 3 N–H and O–H groups in total. The van der Waals surface area contributed by atoms with Crippen LogP contribution in [0.3, 0.4) is 0 Å². The van der Waals surface area contributed by atoms with Crippen molar-refractivity contribution in [2.45, 2.75) is 37.6 Å². The van der Waals surface area contributed by atoms with Crippen LogP contribution in [0.2, 0.25) is 0 Å². The number of nitrogens with zero attached hydrogens (tertiary/aromatic N) is 2. The number of carbonyl (C=O) groups excluding carboxylic acids is 1. The Morgan fingerprint density at radius 1 is 1.17 bits per heavy atom. The van der Waals surface area contributed by atoms with Crippen molar-refractivity contribution in [3.05, 3.63) is 45.9 Å². The van der Waals surface area contributed by atoms with Crippen molar-refractivity contribution >= 4 is 22.5 Å². The number of aromatic amines is 1. The quantitative estimate of drug-likeness (QED) is 0.625. The summed E-state index contributed by atoms with van der Waals surface area (Å²) in [4.78, 5) is 28.4. The van der Waals surface area contributed by atoms with Gasteiger partial charge in [0.25, 0.3) is 11.5 Å². The average molecular weight is 395 g/mol. The van der Waals surface area contributed by atoms with Gasteiger partial charge in [0, 0.05) is 31.2 Å². The lowest BCUT2D eigenvalue weighted by Crippen LogP contribution is -2.38. The molecule has 152 valence electrons. The van der Waals surface area contributed by atoms with E-state index in [0.29, 0.717) is 35.3 Å². The summed E-state index contributed by atoms with van der Waals surface area (Å²) >= 11 is 0. The van der Waals surface area contributed by atoms with E-state index in [-0.39, 0.29) is 23.4 Å². The van der Waals surface area contributed by atoms with Gasteiger partial charge >= 0.3 is 0 Å². The Kier molecular flexibility index (Phi) is 4.81. The first-order chi connectivity index (χ1) is 14.2. The summed E-state index contributed by atoms with van der Waals surface area (Å²) < 4.78 is 7.20. The molecule has 2 aromatic heterocycles. The minimum Gasteiger partial charge on any atom is -0.381 e. The van der Waals surface area contributed by atoms with Gasteiger partial charge in [-0.1, -0.05) is 6.07 Å². The molecule has 0 aliphatic carbocycles. The molecule has 1 amide bonds. The maximum absolute atomic E-state index is 13.1. The molecule has 0 spiro atoms. The Bertz CT molecular complexity index is 1110. The molecule has 8 nitrogen and oxygen atoms in total. The molecule has 2 aliphatic rings. The van der Waals surface area contributed by atoms with Crippen molar-refractivity contribution in [2.75, 3.05) is 26.3 Å². The van der Waals surface area contributed by atoms with Crippen LogP contribution < -0.4 is 16.2 Å². The summed E-state index contributed by atoms with van der Waals surface area (Å²) in [5.74, 6) is 0.139. The molecule has 8 heteroatoms. The van der Waals surface area contributed by atoms with E-state index in [9.17, 15) is 9.59 Å². The zero-order chi connectivity index (χ0) is 19.8. The predicted molar refractivity (Wildman–Crippen MR) is 109 cm³/mol. The lowest BCUT2D eigenvalue weighted by Gasteiger charge is -2.23. The van der Waals surface area contributed by atoms with Gasteiger partial charge < -0.3 is 20.4 Å². The number of aromatic nitrogens is 3. The Hall–Kier alpha value is -2.71. The highest BCUT2D eigenvalue weighted by Crippen LogP contribution is 2.28. The smallest absolute Gasteiger partial charge is 0.252 e. The van der Waals surface area contributed by atoms with Gasteiger partial charge in [-0.05, 0) is 50.9 Å². The number of hydrogen-bond donors (Lipinski definition) is 3. The Morgan fingerprint density at radius 2 is 1.97 bits per heavy atom. The summed E-state index contributed by atoms with van der Waals surface area (Å²) in [6.07, 6.45) is 3.55. The van der Waals surface area contributed by atoms with Crippen LogP contribution in [-0.2, 0) is 4.74 Å². The minimum absolute atomic E-state index is 0.109. The van der Waals surface area contributed by atoms with E-state index in [1.807, 2.05) is 16.6 Å². The number of carbonyl (C=O) groups is 1. The van der Waals surface area contributed by atoms with Crippen LogP contribution in [0, 0.1) is 0 Å². The van der Waals surface area contributed by atoms with Gasteiger partial charge in [0.1, 0.15) is 5.65 Å². The fraction of sp³-hybridized carbons (Fsp3) is 0.476. The predicted octanol–water partition coefficient (Wildman–Crippen LogP) is 1.55. The van der Waals surface area contributed by atoms with Gasteiger partial charge in [0.2, 0.25) is 0 Å². The van der Waals surface area contributed by atoms with Crippen LogP contribution in [0.25, 0.3) is 16.6 Å². The molecule has 4 heterocycles. The van der Waals surface area contributed by atoms with Crippen molar-refractivity contribution in [3.63, 3.8) is 0 Å². The molecule has 0 radical (unpaired) electrons. The van der Waals surface area contributed by atoms with Gasteiger partial charge in [-0.15, -0.1) is 0 Å². The van der Waals surface area contributed by atoms with Crippen molar-refractivity contribution in [3.8, 4) is 0 Å². The number of piperidine rings is 1. The second kappa shape index (κ2) is 7.61. The maximum atomic E-state index is 13.1. The number of nitrogens with one attached hydrogen (secondary N) is 3. The highest BCUT2D eigenvalue weighted by atomic mass is 16.5. The fourth-order valence-electron chi connectivity index (χ4n) is 4.49. The van der Waals surface area contributed by atoms with Gasteiger partial charge in [-0.25, -0.2) is 4.52 Å². The Morgan fingerprint density at radius 3 is 2.76 bits per heavy atom. The lowest BCUT2D eigenvalue weighted by molar-refractivity contribution is 0.0697. The summed E-state index contributed by atoms with van der Waals surface area (Å²) in [5.41, 5.74) is 2.60. The first kappa shape index (κ1) is 18.3. The van der Waals surface area contributed by atoms with E-state index in [1.54, 1.807) is 12.1 Å². The molecule has 0 unspecified atom stereocenters. The van der Waals surface area contributed by atoms with Crippen molar-refractivity contribution < 1.29 is 9.53 Å². The first-order valence-corrected chi connectivity index (χ1v) is 10.3. The van der Waals surface area contributed by atoms with Crippen LogP contribution >= 0.6 is 0 Å². The van der Waals surface area contributed by atoms with E-state index >= 15 is 0 Å². The second-order valence-electron chi connectivity index (χ2n) is 7.90. The second-order valence-corrected chi connectivity index (χ2v) is 7.90. The highest BCUT2D eigenvalue weighted by molar-refractivity contribution is 6.11. The molecule has 1 aromatic carbocycles. The third-order valence-electron chi connectivity index (χ3n) is 6.02. The van der Waals surface area contributed by atoms with Gasteiger partial charge in [-0.2, -0.15) is 5.10 Å². The van der Waals surface area contributed by atoms with Crippen LogP contribution in [-0.4, -0.2) is 52.9 Å². The number of amides is 1. The van der Waals surface area contributed by atoms with Crippen LogP contribution in [0.5, 0.6) is 0 Å². The van der Waals surface area contributed by atoms with Crippen molar-refractivity contribution in [1.82, 2.24) is 25.2 Å². The van der Waals surface area contributed by atoms with E-state index < -0.39 is 0 Å². The number of fused-ring (bicyclic) bond motifs is 3. The molecule has 0 atom stereocenters. The molecule has 3 aromatic rings. The van der Waals surface area contributed by atoms with Crippen LogP contribution in [0.1, 0.15) is 47.7 Å². The molecular formula is C21H25N5O3. The molecule has 5 rings (SSSR count). The number of ether oxygens (including phenoxy) is 1. The summed E-state index contributed by atoms with van der Waals surface area (Å²) in [6.45, 7) is 3.19. The number of rotatable bonds is 3. The standard InChI is InChI=1S/C21H25N5O3/c27-18-12-17(13-4-8-22-9-5-13)26-20(24-18)19-15(2-1-3-16(19)25-26)21(28)23-14-6-10-29-11-7-14/h1-3,12-14,22H,4-11H2,(H,23,28)(H,24,27). The minimum atomic E-state index is -0.160. The average Bonchev–Trinajstić information content (AvgIpc) is 3.13. The Balaban J connectivity index is 1.61. The molecule has 0 saturated carbocycles. The summed E-state index contributed by atoms with van der Waals surface area (Å²) in [6, 6.07) is 7.29. The summed E-state index contributed by atoms with van der Waals surface area (Å²) in [7, 11) is 0. The monoisotopic (exact) mass is 395 g/mol. The summed E-state index contributed by atoms with van der Waals surface area (Å²) in [5, 5.41) is 11.9. The van der Waals surface area contributed by atoms with Gasteiger partial charge in [0.05, 0.1) is 22.2 Å².